The van der Waals surface area contributed by atoms with Gasteiger partial charge < -0.3 is 10.1 Å². The monoisotopic (exact) mass is 243 g/mol. The molecule has 0 aromatic rings. The lowest BCUT2D eigenvalue weighted by Gasteiger charge is -2.27. The Labute approximate surface area is 109 Å². The van der Waals surface area contributed by atoms with E-state index in [0.717, 1.165) is 32.1 Å². The van der Waals surface area contributed by atoms with Gasteiger partial charge in [-0.05, 0) is 38.1 Å². The molecule has 0 aliphatic carbocycles. The molecule has 0 saturated carbocycles. The summed E-state index contributed by atoms with van der Waals surface area (Å²) in [4.78, 5) is 0. The van der Waals surface area contributed by atoms with E-state index in [0.29, 0.717) is 6.04 Å². The van der Waals surface area contributed by atoms with Crippen molar-refractivity contribution < 1.29 is 4.74 Å². The van der Waals surface area contributed by atoms with Crippen LogP contribution < -0.4 is 5.32 Å². The topological polar surface area (TPSA) is 21.3 Å². The van der Waals surface area contributed by atoms with Crippen LogP contribution in [0.3, 0.4) is 0 Å². The van der Waals surface area contributed by atoms with Crippen molar-refractivity contribution >= 4 is 0 Å². The maximum Gasteiger partial charge on any atom is 0.0622 e. The number of ether oxygens (including phenoxy) is 1. The van der Waals surface area contributed by atoms with Gasteiger partial charge in [-0.2, -0.15) is 0 Å². The lowest BCUT2D eigenvalue weighted by molar-refractivity contribution is 0.0890. The summed E-state index contributed by atoms with van der Waals surface area (Å²) in [5.41, 5.74) is 0. The van der Waals surface area contributed by atoms with Crippen molar-refractivity contribution in [3.63, 3.8) is 0 Å². The van der Waals surface area contributed by atoms with Crippen LogP contribution >= 0.6 is 0 Å². The highest BCUT2D eigenvalue weighted by molar-refractivity contribution is 4.76. The molecule has 0 aliphatic rings. The number of nitrogens with one attached hydrogen (secondary N) is 1. The molecule has 1 N–H and O–H groups in total. The highest BCUT2D eigenvalue weighted by Gasteiger charge is 2.19. The van der Waals surface area contributed by atoms with Crippen LogP contribution in [0.2, 0.25) is 0 Å². The maximum atomic E-state index is 5.75. The third-order valence-electron chi connectivity index (χ3n) is 3.19. The van der Waals surface area contributed by atoms with Crippen LogP contribution in [-0.4, -0.2) is 25.8 Å². The van der Waals surface area contributed by atoms with Crippen molar-refractivity contribution in [1.82, 2.24) is 5.32 Å². The first-order chi connectivity index (χ1) is 8.29. The summed E-state index contributed by atoms with van der Waals surface area (Å²) >= 11 is 0. The number of hydrogen-bond donors (Lipinski definition) is 1. The van der Waals surface area contributed by atoms with Crippen LogP contribution in [0.1, 0.15) is 66.2 Å². The molecule has 0 heterocycles. The van der Waals surface area contributed by atoms with Gasteiger partial charge in [-0.3, -0.25) is 0 Å². The van der Waals surface area contributed by atoms with Crippen molar-refractivity contribution in [2.24, 2.45) is 5.92 Å². The first-order valence-electron chi connectivity index (χ1n) is 7.61. The molecule has 0 radical (unpaired) electrons. The van der Waals surface area contributed by atoms with E-state index in [1.165, 1.54) is 32.1 Å². The van der Waals surface area contributed by atoms with E-state index in [2.05, 4.69) is 33.0 Å². The summed E-state index contributed by atoms with van der Waals surface area (Å²) in [6.45, 7) is 11.9. The van der Waals surface area contributed by atoms with Crippen LogP contribution in [-0.2, 0) is 4.74 Å². The molecule has 0 fully saturated rings. The molecule has 0 rings (SSSR count). The van der Waals surface area contributed by atoms with E-state index in [9.17, 15) is 0 Å². The van der Waals surface area contributed by atoms with E-state index in [1.54, 1.807) is 0 Å². The van der Waals surface area contributed by atoms with Crippen molar-refractivity contribution in [1.29, 1.82) is 0 Å². The van der Waals surface area contributed by atoms with Gasteiger partial charge in [0.25, 0.3) is 0 Å². The number of hydrogen-bond acceptors (Lipinski definition) is 2. The summed E-state index contributed by atoms with van der Waals surface area (Å²) in [6.07, 6.45) is 7.53. The van der Waals surface area contributed by atoms with Crippen molar-refractivity contribution in [3.8, 4) is 0 Å². The normalized spacial score (nSPS) is 13.2. The smallest absolute Gasteiger partial charge is 0.0622 e. The SMILES string of the molecule is CCCNC(COCCC)C(CCC)CCC. The highest BCUT2D eigenvalue weighted by Crippen LogP contribution is 2.18. The Morgan fingerprint density at radius 3 is 2.00 bits per heavy atom. The van der Waals surface area contributed by atoms with E-state index in [4.69, 9.17) is 4.74 Å². The average Bonchev–Trinajstić information content (AvgIpc) is 2.33. The largest absolute Gasteiger partial charge is 0.380 e. The van der Waals surface area contributed by atoms with Gasteiger partial charge in [0.05, 0.1) is 6.61 Å². The van der Waals surface area contributed by atoms with Gasteiger partial charge >= 0.3 is 0 Å². The standard InChI is InChI=1S/C15H33NO/c1-5-9-14(10-6-2)15(16-11-7-3)13-17-12-8-4/h14-16H,5-13H2,1-4H3. The summed E-state index contributed by atoms with van der Waals surface area (Å²) in [6, 6.07) is 0.557. The molecule has 1 atom stereocenters. The molecule has 0 saturated heterocycles. The van der Waals surface area contributed by atoms with Crippen molar-refractivity contribution in [3.05, 3.63) is 0 Å². The first-order valence-corrected chi connectivity index (χ1v) is 7.61. The molecule has 0 spiro atoms. The third kappa shape index (κ3) is 8.62. The Morgan fingerprint density at radius 2 is 1.53 bits per heavy atom. The first kappa shape index (κ1) is 16.9. The van der Waals surface area contributed by atoms with Gasteiger partial charge in [0.1, 0.15) is 0 Å². The van der Waals surface area contributed by atoms with Crippen molar-refractivity contribution in [2.45, 2.75) is 72.3 Å². The van der Waals surface area contributed by atoms with Gasteiger partial charge in [-0.1, -0.05) is 40.5 Å². The maximum absolute atomic E-state index is 5.75. The lowest BCUT2D eigenvalue weighted by atomic mass is 9.90. The minimum atomic E-state index is 0.557. The quantitative estimate of drug-likeness (QED) is 0.523. The zero-order chi connectivity index (χ0) is 12.9. The fourth-order valence-electron chi connectivity index (χ4n) is 2.33. The molecule has 1 unspecified atom stereocenters. The van der Waals surface area contributed by atoms with E-state index < -0.39 is 0 Å². The molecular formula is C15H33NO. The minimum absolute atomic E-state index is 0.557. The molecule has 0 aromatic heterocycles. The minimum Gasteiger partial charge on any atom is -0.380 e. The zero-order valence-electron chi connectivity index (χ0n) is 12.4. The predicted molar refractivity (Wildman–Crippen MR) is 76.5 cm³/mol. The van der Waals surface area contributed by atoms with Crippen LogP contribution in [0.25, 0.3) is 0 Å². The van der Waals surface area contributed by atoms with Crippen LogP contribution in [0.4, 0.5) is 0 Å². The van der Waals surface area contributed by atoms with Crippen LogP contribution in [0, 0.1) is 5.92 Å². The molecule has 0 bridgehead atoms. The Bertz CT molecular complexity index is 144. The molecule has 0 aromatic carbocycles. The van der Waals surface area contributed by atoms with E-state index in [-0.39, 0.29) is 0 Å². The van der Waals surface area contributed by atoms with Crippen LogP contribution in [0.15, 0.2) is 0 Å². The van der Waals surface area contributed by atoms with Gasteiger partial charge in [0.2, 0.25) is 0 Å². The fraction of sp³-hybridized carbons (Fsp3) is 1.00. The summed E-state index contributed by atoms with van der Waals surface area (Å²) in [7, 11) is 0. The van der Waals surface area contributed by atoms with Gasteiger partial charge in [-0.25, -0.2) is 0 Å². The Hall–Kier alpha value is -0.0800. The molecule has 2 heteroatoms. The summed E-state index contributed by atoms with van der Waals surface area (Å²) < 4.78 is 5.75. The van der Waals surface area contributed by atoms with Gasteiger partial charge in [0.15, 0.2) is 0 Å². The third-order valence-corrected chi connectivity index (χ3v) is 3.19. The fourth-order valence-corrected chi connectivity index (χ4v) is 2.33. The molecule has 2 nitrogen and oxygen atoms in total. The second-order valence-corrected chi connectivity index (χ2v) is 4.97. The number of rotatable bonds is 12. The Kier molecular flexibility index (Phi) is 12.3. The van der Waals surface area contributed by atoms with E-state index in [1.807, 2.05) is 0 Å². The van der Waals surface area contributed by atoms with Crippen LogP contribution in [0.5, 0.6) is 0 Å². The van der Waals surface area contributed by atoms with Gasteiger partial charge in [0, 0.05) is 12.6 Å². The molecule has 0 aliphatic heterocycles. The van der Waals surface area contributed by atoms with Gasteiger partial charge in [-0.15, -0.1) is 0 Å². The predicted octanol–water partition coefficient (Wildman–Crippen LogP) is 4.00. The highest BCUT2D eigenvalue weighted by atomic mass is 16.5. The van der Waals surface area contributed by atoms with E-state index >= 15 is 0 Å². The Morgan fingerprint density at radius 1 is 0.882 bits per heavy atom. The molecule has 17 heavy (non-hydrogen) atoms. The van der Waals surface area contributed by atoms with Crippen molar-refractivity contribution in [2.75, 3.05) is 19.8 Å². The summed E-state index contributed by atoms with van der Waals surface area (Å²) in [5, 5.41) is 3.67. The molecular weight excluding hydrogens is 210 g/mol. The summed E-state index contributed by atoms with van der Waals surface area (Å²) in [5.74, 6) is 0.786. The average molecular weight is 243 g/mol. The Balaban J connectivity index is 4.15. The lowest BCUT2D eigenvalue weighted by Crippen LogP contribution is -2.40. The molecule has 104 valence electrons. The second-order valence-electron chi connectivity index (χ2n) is 4.97. The zero-order valence-corrected chi connectivity index (χ0v) is 12.4. The second kappa shape index (κ2) is 12.4. The molecule has 0 amide bonds.